The minimum atomic E-state index is -3.86. The third-order valence-electron chi connectivity index (χ3n) is 6.07. The maximum Gasteiger partial charge on any atom is 0.325 e. The summed E-state index contributed by atoms with van der Waals surface area (Å²) in [5.41, 5.74) is 6.07. The number of aliphatic carboxylic acids is 1. The Labute approximate surface area is 175 Å². The van der Waals surface area contributed by atoms with Crippen molar-refractivity contribution in [2.24, 2.45) is 7.05 Å². The predicted molar refractivity (Wildman–Crippen MR) is 110 cm³/mol. The fourth-order valence-electron chi connectivity index (χ4n) is 4.32. The Morgan fingerprint density at radius 1 is 1.43 bits per heavy atom. The molecule has 0 bridgehead atoms. The zero-order chi connectivity index (χ0) is 21.9. The van der Waals surface area contributed by atoms with E-state index in [4.69, 9.17) is 0 Å². The number of hydrogen-bond donors (Lipinski definition) is 4. The molecule has 164 valence electrons. The van der Waals surface area contributed by atoms with Crippen molar-refractivity contribution in [2.75, 3.05) is 25.8 Å². The molecule has 0 amide bonds. The summed E-state index contributed by atoms with van der Waals surface area (Å²) >= 11 is 0. The van der Waals surface area contributed by atoms with Crippen molar-refractivity contribution < 1.29 is 34.4 Å². The summed E-state index contributed by atoms with van der Waals surface area (Å²) in [6, 6.07) is 4.53. The van der Waals surface area contributed by atoms with Gasteiger partial charge in [-0.3, -0.25) is 9.36 Å². The molecule has 1 aliphatic heterocycles. The Morgan fingerprint density at radius 3 is 2.83 bits per heavy atom. The molecule has 0 aliphatic carbocycles. The molecule has 8 nitrogen and oxygen atoms in total. The first-order valence-corrected chi connectivity index (χ1v) is 12.0. The number of carboxylic acids is 1. The van der Waals surface area contributed by atoms with Gasteiger partial charge in [-0.05, 0) is 37.5 Å². The van der Waals surface area contributed by atoms with Crippen molar-refractivity contribution in [3.8, 4) is 11.3 Å². The average molecular weight is 440 g/mol. The zero-order valence-electron chi connectivity index (χ0n) is 17.2. The molecular weight excluding hydrogens is 410 g/mol. The lowest BCUT2D eigenvalue weighted by Crippen LogP contribution is -3.14. The van der Waals surface area contributed by atoms with Crippen LogP contribution in [0.25, 0.3) is 11.3 Å². The molecule has 0 radical (unpaired) electrons. The molecule has 3 atom stereocenters. The molecule has 30 heavy (non-hydrogen) atoms. The zero-order valence-corrected chi connectivity index (χ0v) is 18.1. The van der Waals surface area contributed by atoms with E-state index in [0.29, 0.717) is 38.0 Å². The van der Waals surface area contributed by atoms with Crippen molar-refractivity contribution in [3.05, 3.63) is 42.1 Å². The number of benzene rings is 1. The van der Waals surface area contributed by atoms with Crippen LogP contribution >= 0.6 is 7.37 Å². The highest BCUT2D eigenvalue weighted by Gasteiger charge is 2.59. The molecule has 2 heterocycles. The first-order valence-electron chi connectivity index (χ1n) is 10.1. The van der Waals surface area contributed by atoms with Crippen molar-refractivity contribution in [3.63, 3.8) is 0 Å². The van der Waals surface area contributed by atoms with Crippen LogP contribution in [0.2, 0.25) is 0 Å². The summed E-state index contributed by atoms with van der Waals surface area (Å²) in [5.74, 6) is -1.57. The number of aromatic nitrogens is 2. The van der Waals surface area contributed by atoms with E-state index in [9.17, 15) is 23.7 Å². The molecule has 0 spiro atoms. The second kappa shape index (κ2) is 8.98. The molecule has 10 heteroatoms. The van der Waals surface area contributed by atoms with Crippen LogP contribution in [0.15, 0.2) is 30.7 Å². The monoisotopic (exact) mass is 440 g/mol. The molecule has 1 aliphatic rings. The van der Waals surface area contributed by atoms with Crippen LogP contribution in [-0.2, 0) is 23.0 Å². The van der Waals surface area contributed by atoms with Gasteiger partial charge in [0.05, 0.1) is 37.5 Å². The molecule has 1 aromatic carbocycles. The topological polar surface area (TPSA) is 125 Å². The number of imidazole rings is 1. The summed E-state index contributed by atoms with van der Waals surface area (Å²) in [6.45, 7) is 1.55. The molecule has 2 aromatic rings. The van der Waals surface area contributed by atoms with E-state index in [1.54, 1.807) is 23.2 Å². The Kier molecular flexibility index (Phi) is 6.77. The first kappa shape index (κ1) is 22.6. The lowest BCUT2D eigenvalue weighted by atomic mass is 9.98. The normalized spacial score (nSPS) is 26.6. The minimum absolute atomic E-state index is 0.0404. The number of nitrogens with zero attached hydrogens (tertiary/aromatic N) is 2. The fraction of sp³-hybridized carbons (Fsp3) is 0.500. The largest absolute Gasteiger partial charge is 0.480 e. The highest BCUT2D eigenvalue weighted by atomic mass is 31.2. The first-order chi connectivity index (χ1) is 14.2. The molecular formula is C20H30FN4O4P+2. The van der Waals surface area contributed by atoms with Gasteiger partial charge in [0, 0.05) is 18.2 Å². The van der Waals surface area contributed by atoms with E-state index in [0.717, 1.165) is 16.2 Å². The van der Waals surface area contributed by atoms with Gasteiger partial charge in [-0.1, -0.05) is 0 Å². The summed E-state index contributed by atoms with van der Waals surface area (Å²) in [4.78, 5) is 27.8. The fourth-order valence-corrected chi connectivity index (χ4v) is 6.64. The summed E-state index contributed by atoms with van der Waals surface area (Å²) < 4.78 is 28.7. The van der Waals surface area contributed by atoms with Gasteiger partial charge in [-0.25, -0.2) is 9.37 Å². The lowest BCUT2D eigenvalue weighted by molar-refractivity contribution is -0.914. The van der Waals surface area contributed by atoms with E-state index in [-0.39, 0.29) is 24.9 Å². The van der Waals surface area contributed by atoms with Gasteiger partial charge in [0.25, 0.3) is 0 Å². The molecule has 6 N–H and O–H groups in total. The SMILES string of the molecule is Cn1cncc1-c1cc(F)ccc1C[NH+]1CCP(=O)(O)[C@](CCCC[NH3+])(C(=O)O)C1. The molecule has 1 saturated heterocycles. The van der Waals surface area contributed by atoms with Crippen LogP contribution in [0.5, 0.6) is 0 Å². The number of aryl methyl sites for hydroxylation is 1. The van der Waals surface area contributed by atoms with E-state index in [1.165, 1.54) is 12.1 Å². The summed E-state index contributed by atoms with van der Waals surface area (Å²) in [7, 11) is -2.03. The van der Waals surface area contributed by atoms with Gasteiger partial charge in [-0.2, -0.15) is 0 Å². The van der Waals surface area contributed by atoms with Crippen molar-refractivity contribution in [2.45, 2.75) is 31.0 Å². The van der Waals surface area contributed by atoms with Gasteiger partial charge in [0.2, 0.25) is 7.37 Å². The number of unbranched alkanes of at least 4 members (excludes halogenated alkanes) is 1. The molecule has 1 aromatic heterocycles. The third-order valence-corrected chi connectivity index (χ3v) is 8.81. The second-order valence-corrected chi connectivity index (χ2v) is 10.8. The Balaban J connectivity index is 1.90. The summed E-state index contributed by atoms with van der Waals surface area (Å²) in [6.07, 6.45) is 4.68. The van der Waals surface area contributed by atoms with E-state index in [1.807, 2.05) is 7.05 Å². The van der Waals surface area contributed by atoms with Gasteiger partial charge in [0.1, 0.15) is 18.9 Å². The van der Waals surface area contributed by atoms with Gasteiger partial charge in [-0.15, -0.1) is 0 Å². The quantitative estimate of drug-likeness (QED) is 0.343. The maximum absolute atomic E-state index is 14.0. The van der Waals surface area contributed by atoms with E-state index < -0.39 is 18.5 Å². The Hall–Kier alpha value is -2.06. The number of halogens is 1. The second-order valence-electron chi connectivity index (χ2n) is 8.12. The Bertz CT molecular complexity index is 966. The van der Waals surface area contributed by atoms with E-state index in [2.05, 4.69) is 10.7 Å². The number of rotatable bonds is 8. The predicted octanol–water partition coefficient (Wildman–Crippen LogP) is 0.131. The number of carbonyl (C=O) groups is 1. The number of quaternary nitrogens is 2. The third kappa shape index (κ3) is 4.34. The summed E-state index contributed by atoms with van der Waals surface area (Å²) in [5, 5.41) is 8.31. The minimum Gasteiger partial charge on any atom is -0.480 e. The van der Waals surface area contributed by atoms with Crippen LogP contribution in [0.4, 0.5) is 4.39 Å². The number of nitrogens with one attached hydrogen (secondary N) is 1. The smallest absolute Gasteiger partial charge is 0.325 e. The van der Waals surface area contributed by atoms with Crippen LogP contribution in [-0.4, -0.2) is 56.5 Å². The van der Waals surface area contributed by atoms with Crippen molar-refractivity contribution in [1.82, 2.24) is 9.55 Å². The van der Waals surface area contributed by atoms with Gasteiger partial charge >= 0.3 is 5.97 Å². The van der Waals surface area contributed by atoms with Crippen LogP contribution in [0.1, 0.15) is 24.8 Å². The van der Waals surface area contributed by atoms with Gasteiger partial charge < -0.3 is 25.2 Å². The van der Waals surface area contributed by atoms with Crippen LogP contribution in [0, 0.1) is 5.82 Å². The van der Waals surface area contributed by atoms with Crippen LogP contribution in [0.3, 0.4) is 0 Å². The standard InChI is InChI=1S/C20H28FN4O4P/c1-24-14-23-11-18(24)17-10-16(21)5-4-15(17)12-25-8-9-30(28,29)20(13-25,19(26)27)6-2-3-7-22/h4-5,10-11,14H,2-3,6-9,12-13,22H2,1H3,(H,26,27)(H,28,29)/p+2/t20-/m0/s1. The van der Waals surface area contributed by atoms with E-state index >= 15 is 0 Å². The lowest BCUT2D eigenvalue weighted by Gasteiger charge is -2.40. The molecule has 3 rings (SSSR count). The van der Waals surface area contributed by atoms with Gasteiger partial charge in [0.15, 0.2) is 5.16 Å². The maximum atomic E-state index is 14.0. The van der Waals surface area contributed by atoms with Crippen molar-refractivity contribution in [1.29, 1.82) is 0 Å². The average Bonchev–Trinajstić information content (AvgIpc) is 3.11. The molecule has 0 saturated carbocycles. The number of carboxylic acid groups (broad SMARTS) is 1. The Morgan fingerprint density at radius 2 is 2.20 bits per heavy atom. The highest BCUT2D eigenvalue weighted by molar-refractivity contribution is 7.60. The molecule has 2 unspecified atom stereocenters. The van der Waals surface area contributed by atoms with Crippen LogP contribution < -0.4 is 10.6 Å². The highest BCUT2D eigenvalue weighted by Crippen LogP contribution is 2.57. The van der Waals surface area contributed by atoms with Crippen molar-refractivity contribution >= 4 is 13.3 Å². The molecule has 1 fully saturated rings. The number of hydrogen-bond acceptors (Lipinski definition) is 3.